The summed E-state index contributed by atoms with van der Waals surface area (Å²) in [4.78, 5) is 0. The molecule has 0 heterocycles. The fraction of sp³-hybridized carbons (Fsp3) is 0.538. The zero-order valence-electron chi connectivity index (χ0n) is 10.5. The molecule has 0 bridgehead atoms. The smallest absolute Gasteiger partial charge is 0.0441 e. The van der Waals surface area contributed by atoms with Gasteiger partial charge in [0.1, 0.15) is 0 Å². The molecule has 16 heavy (non-hydrogen) atoms. The van der Waals surface area contributed by atoms with Gasteiger partial charge in [-0.05, 0) is 26.3 Å². The van der Waals surface area contributed by atoms with E-state index in [9.17, 15) is 4.21 Å². The molecule has 0 aliphatic carbocycles. The maximum absolute atomic E-state index is 11.2. The molecule has 0 saturated heterocycles. The molecule has 1 aromatic rings. The molecule has 3 unspecified atom stereocenters. The lowest BCUT2D eigenvalue weighted by molar-refractivity contribution is 0.568. The molecule has 2 nitrogen and oxygen atoms in total. The summed E-state index contributed by atoms with van der Waals surface area (Å²) in [6, 6.07) is 8.79. The van der Waals surface area contributed by atoms with E-state index >= 15 is 0 Å². The Morgan fingerprint density at radius 3 is 2.62 bits per heavy atom. The Kier molecular flexibility index (Phi) is 5.16. The molecular weight excluding hydrogens is 218 g/mol. The van der Waals surface area contributed by atoms with Crippen molar-refractivity contribution in [1.82, 2.24) is 5.32 Å². The SMILES string of the molecule is Cc1cccc(C(C)NCC(C)S(C)=O)c1. The van der Waals surface area contributed by atoms with Crippen molar-refractivity contribution < 1.29 is 4.21 Å². The first kappa shape index (κ1) is 13.4. The Balaban J connectivity index is 2.52. The number of nitrogens with one attached hydrogen (secondary N) is 1. The monoisotopic (exact) mass is 239 g/mol. The molecule has 90 valence electrons. The highest BCUT2D eigenvalue weighted by Crippen LogP contribution is 2.13. The molecule has 1 rings (SSSR count). The van der Waals surface area contributed by atoms with Gasteiger partial charge in [-0.15, -0.1) is 0 Å². The minimum atomic E-state index is -0.750. The minimum absolute atomic E-state index is 0.201. The second-order valence-electron chi connectivity index (χ2n) is 4.35. The third kappa shape index (κ3) is 4.06. The van der Waals surface area contributed by atoms with E-state index in [1.54, 1.807) is 6.26 Å². The van der Waals surface area contributed by atoms with Crippen LogP contribution < -0.4 is 5.32 Å². The summed E-state index contributed by atoms with van der Waals surface area (Å²) in [5.74, 6) is 0. The van der Waals surface area contributed by atoms with E-state index in [0.29, 0.717) is 6.04 Å². The lowest BCUT2D eigenvalue weighted by Gasteiger charge is -2.17. The van der Waals surface area contributed by atoms with E-state index in [2.05, 4.69) is 43.4 Å². The maximum Gasteiger partial charge on any atom is 0.0441 e. The molecule has 0 aliphatic heterocycles. The van der Waals surface area contributed by atoms with Crippen LogP contribution in [0.1, 0.15) is 31.0 Å². The highest BCUT2D eigenvalue weighted by Gasteiger charge is 2.09. The van der Waals surface area contributed by atoms with Crippen molar-refractivity contribution in [3.05, 3.63) is 35.4 Å². The van der Waals surface area contributed by atoms with Gasteiger partial charge in [0, 0.05) is 34.9 Å². The highest BCUT2D eigenvalue weighted by molar-refractivity contribution is 7.84. The van der Waals surface area contributed by atoms with Gasteiger partial charge < -0.3 is 5.32 Å². The Hall–Kier alpha value is -0.670. The fourth-order valence-corrected chi connectivity index (χ4v) is 1.85. The first-order chi connectivity index (χ1) is 7.50. The number of aryl methyl sites for hydroxylation is 1. The fourth-order valence-electron chi connectivity index (χ4n) is 1.52. The van der Waals surface area contributed by atoms with Crippen LogP contribution >= 0.6 is 0 Å². The van der Waals surface area contributed by atoms with E-state index in [-0.39, 0.29) is 5.25 Å². The summed E-state index contributed by atoms with van der Waals surface area (Å²) < 4.78 is 11.2. The van der Waals surface area contributed by atoms with Gasteiger partial charge in [-0.25, -0.2) is 0 Å². The van der Waals surface area contributed by atoms with Gasteiger partial charge in [-0.1, -0.05) is 29.8 Å². The van der Waals surface area contributed by atoms with Gasteiger partial charge in [-0.2, -0.15) is 0 Å². The van der Waals surface area contributed by atoms with Crippen molar-refractivity contribution in [2.75, 3.05) is 12.8 Å². The first-order valence-corrected chi connectivity index (χ1v) is 7.25. The van der Waals surface area contributed by atoms with Crippen LogP contribution in [0.4, 0.5) is 0 Å². The van der Waals surface area contributed by atoms with Gasteiger partial charge in [0.15, 0.2) is 0 Å². The third-order valence-electron chi connectivity index (χ3n) is 2.82. The molecule has 0 fully saturated rings. The van der Waals surface area contributed by atoms with Crippen molar-refractivity contribution >= 4 is 10.8 Å². The molecule has 3 heteroatoms. The van der Waals surface area contributed by atoms with Gasteiger partial charge in [0.2, 0.25) is 0 Å². The molecule has 0 amide bonds. The summed E-state index contributed by atoms with van der Waals surface area (Å²) in [5, 5.41) is 3.62. The zero-order chi connectivity index (χ0) is 12.1. The number of hydrogen-bond acceptors (Lipinski definition) is 2. The lowest BCUT2D eigenvalue weighted by Crippen LogP contribution is -2.29. The van der Waals surface area contributed by atoms with Crippen molar-refractivity contribution in [3.8, 4) is 0 Å². The average molecular weight is 239 g/mol. The first-order valence-electron chi connectivity index (χ1n) is 5.63. The molecular formula is C13H21NOS. The summed E-state index contributed by atoms with van der Waals surface area (Å²) >= 11 is 0. The summed E-state index contributed by atoms with van der Waals surface area (Å²) in [7, 11) is -0.750. The molecule has 1 N–H and O–H groups in total. The van der Waals surface area contributed by atoms with Crippen LogP contribution in [0.5, 0.6) is 0 Å². The van der Waals surface area contributed by atoms with E-state index < -0.39 is 10.8 Å². The lowest BCUT2D eigenvalue weighted by atomic mass is 10.1. The molecule has 0 spiro atoms. The van der Waals surface area contributed by atoms with Crippen LogP contribution in [0.15, 0.2) is 24.3 Å². The predicted octanol–water partition coefficient (Wildman–Crippen LogP) is 2.41. The van der Waals surface area contributed by atoms with Crippen LogP contribution in [0.3, 0.4) is 0 Å². The number of benzene rings is 1. The summed E-state index contributed by atoms with van der Waals surface area (Å²) in [5.41, 5.74) is 2.56. The number of rotatable bonds is 5. The van der Waals surface area contributed by atoms with Crippen LogP contribution in [-0.2, 0) is 10.8 Å². The zero-order valence-corrected chi connectivity index (χ0v) is 11.3. The molecule has 0 radical (unpaired) electrons. The minimum Gasteiger partial charge on any atom is -0.309 e. The van der Waals surface area contributed by atoms with Crippen molar-refractivity contribution in [2.45, 2.75) is 32.1 Å². The van der Waals surface area contributed by atoms with Gasteiger partial charge in [0.05, 0.1) is 0 Å². The quantitative estimate of drug-likeness (QED) is 0.855. The second-order valence-corrected chi connectivity index (χ2v) is 6.16. The van der Waals surface area contributed by atoms with Gasteiger partial charge in [0.25, 0.3) is 0 Å². The van der Waals surface area contributed by atoms with E-state index in [0.717, 1.165) is 6.54 Å². The largest absolute Gasteiger partial charge is 0.309 e. The third-order valence-corrected chi connectivity index (χ3v) is 4.12. The van der Waals surface area contributed by atoms with Crippen LogP contribution in [0.25, 0.3) is 0 Å². The molecule has 1 aromatic carbocycles. The van der Waals surface area contributed by atoms with Gasteiger partial charge in [-0.3, -0.25) is 4.21 Å². The van der Waals surface area contributed by atoms with Crippen LogP contribution in [0, 0.1) is 6.92 Å². The van der Waals surface area contributed by atoms with Crippen molar-refractivity contribution in [1.29, 1.82) is 0 Å². The van der Waals surface area contributed by atoms with E-state index in [1.807, 2.05) is 6.92 Å². The molecule has 3 atom stereocenters. The Bertz CT molecular complexity index is 365. The number of hydrogen-bond donors (Lipinski definition) is 1. The van der Waals surface area contributed by atoms with Crippen LogP contribution in [0.2, 0.25) is 0 Å². The summed E-state index contributed by atoms with van der Waals surface area (Å²) in [6.45, 7) is 7.03. The molecule has 0 saturated carbocycles. The van der Waals surface area contributed by atoms with Crippen molar-refractivity contribution in [2.24, 2.45) is 0 Å². The predicted molar refractivity (Wildman–Crippen MR) is 71.1 cm³/mol. The van der Waals surface area contributed by atoms with E-state index in [1.165, 1.54) is 11.1 Å². The second kappa shape index (κ2) is 6.16. The van der Waals surface area contributed by atoms with Gasteiger partial charge >= 0.3 is 0 Å². The average Bonchev–Trinajstić information content (AvgIpc) is 2.25. The highest BCUT2D eigenvalue weighted by atomic mass is 32.2. The Labute approximate surface area is 101 Å². The van der Waals surface area contributed by atoms with E-state index in [4.69, 9.17) is 0 Å². The van der Waals surface area contributed by atoms with Crippen molar-refractivity contribution in [3.63, 3.8) is 0 Å². The van der Waals surface area contributed by atoms with Crippen LogP contribution in [-0.4, -0.2) is 22.3 Å². The maximum atomic E-state index is 11.2. The standard InChI is InChI=1S/C13H21NOS/c1-10-6-5-7-13(8-10)12(3)14-9-11(2)16(4)15/h5-8,11-12,14H,9H2,1-4H3. The molecule has 0 aliphatic rings. The Morgan fingerprint density at radius 1 is 1.38 bits per heavy atom. The molecule has 0 aromatic heterocycles. The normalized spacial score (nSPS) is 16.8. The topological polar surface area (TPSA) is 29.1 Å². The Morgan fingerprint density at radius 2 is 2.06 bits per heavy atom. The summed E-state index contributed by atoms with van der Waals surface area (Å²) in [6.07, 6.45) is 1.75.